The molecule has 1 aromatic rings. The molecule has 0 atom stereocenters. The lowest BCUT2D eigenvalue weighted by molar-refractivity contribution is -0.124. The zero-order chi connectivity index (χ0) is 16.9. The second kappa shape index (κ2) is 11.6. The van der Waals surface area contributed by atoms with E-state index >= 15 is 0 Å². The van der Waals surface area contributed by atoms with Gasteiger partial charge in [0.25, 0.3) is 0 Å². The van der Waals surface area contributed by atoms with E-state index in [1.165, 1.54) is 37.8 Å². The molecule has 23 heavy (non-hydrogen) atoms. The second-order valence-corrected chi connectivity index (χ2v) is 5.68. The van der Waals surface area contributed by atoms with E-state index in [0.29, 0.717) is 6.42 Å². The van der Waals surface area contributed by atoms with Gasteiger partial charge in [0.05, 0.1) is 12.2 Å². The molecular weight excluding hydrogens is 295 g/mol. The molecule has 0 aliphatic carbocycles. The van der Waals surface area contributed by atoms with Crippen LogP contribution in [0.4, 0.5) is 10.1 Å². The molecule has 0 bridgehead atoms. The highest BCUT2D eigenvalue weighted by molar-refractivity contribution is 5.94. The fourth-order valence-electron chi connectivity index (χ4n) is 2.27. The fourth-order valence-corrected chi connectivity index (χ4v) is 2.27. The number of rotatable bonds is 11. The summed E-state index contributed by atoms with van der Waals surface area (Å²) < 4.78 is 13.4. The zero-order valence-corrected chi connectivity index (χ0v) is 13.9. The molecule has 2 amide bonds. The van der Waals surface area contributed by atoms with Crippen molar-refractivity contribution in [1.29, 1.82) is 0 Å². The van der Waals surface area contributed by atoms with E-state index in [2.05, 4.69) is 17.6 Å². The summed E-state index contributed by atoms with van der Waals surface area (Å²) in [6.45, 7) is 2.05. The van der Waals surface area contributed by atoms with Crippen molar-refractivity contribution in [1.82, 2.24) is 5.32 Å². The van der Waals surface area contributed by atoms with Crippen LogP contribution in [0.25, 0.3) is 0 Å². The quantitative estimate of drug-likeness (QED) is 0.605. The van der Waals surface area contributed by atoms with Crippen molar-refractivity contribution in [3.8, 4) is 0 Å². The van der Waals surface area contributed by atoms with Gasteiger partial charge in [0.2, 0.25) is 11.8 Å². The highest BCUT2D eigenvalue weighted by Crippen LogP contribution is 2.12. The van der Waals surface area contributed by atoms with Crippen LogP contribution in [0.1, 0.15) is 58.3 Å². The molecule has 1 rings (SSSR count). The molecule has 0 saturated heterocycles. The molecule has 0 unspecified atom stereocenters. The predicted molar refractivity (Wildman–Crippen MR) is 90.6 cm³/mol. The highest BCUT2D eigenvalue weighted by Gasteiger charge is 2.08. The molecule has 0 spiro atoms. The van der Waals surface area contributed by atoms with Gasteiger partial charge >= 0.3 is 0 Å². The van der Waals surface area contributed by atoms with Gasteiger partial charge in [0.1, 0.15) is 5.82 Å². The van der Waals surface area contributed by atoms with E-state index in [9.17, 15) is 14.0 Å². The topological polar surface area (TPSA) is 58.2 Å². The van der Waals surface area contributed by atoms with Crippen LogP contribution >= 0.6 is 0 Å². The monoisotopic (exact) mass is 322 g/mol. The van der Waals surface area contributed by atoms with Crippen molar-refractivity contribution in [2.24, 2.45) is 0 Å². The lowest BCUT2D eigenvalue weighted by Crippen LogP contribution is -2.32. The Hall–Kier alpha value is -1.91. The number of carbonyl (C=O) groups is 2. The Morgan fingerprint density at radius 2 is 1.61 bits per heavy atom. The predicted octanol–water partition coefficient (Wildman–Crippen LogP) is 4.02. The number of anilines is 1. The molecule has 5 heteroatoms. The molecule has 1 aromatic carbocycles. The SMILES string of the molecule is CCCCCCCCCC(=O)NCC(=O)Nc1ccccc1F. The standard InChI is InChI=1S/C18H27FN2O2/c1-2-3-4-5-6-7-8-13-17(22)20-14-18(23)21-16-12-10-9-11-15(16)19/h9-12H,2-8,13-14H2,1H3,(H,20,22)(H,21,23). The van der Waals surface area contributed by atoms with Gasteiger partial charge in [-0.15, -0.1) is 0 Å². The number of halogens is 1. The van der Waals surface area contributed by atoms with Crippen LogP contribution in [0, 0.1) is 5.82 Å². The summed E-state index contributed by atoms with van der Waals surface area (Å²) in [7, 11) is 0. The van der Waals surface area contributed by atoms with E-state index in [4.69, 9.17) is 0 Å². The van der Waals surface area contributed by atoms with Crippen LogP contribution < -0.4 is 10.6 Å². The van der Waals surface area contributed by atoms with Crippen LogP contribution in [0.5, 0.6) is 0 Å². The number of para-hydroxylation sites is 1. The first-order chi connectivity index (χ1) is 11.1. The van der Waals surface area contributed by atoms with Crippen molar-refractivity contribution >= 4 is 17.5 Å². The molecule has 0 fully saturated rings. The van der Waals surface area contributed by atoms with Gasteiger partial charge < -0.3 is 10.6 Å². The maximum absolute atomic E-state index is 13.4. The van der Waals surface area contributed by atoms with Crippen LogP contribution in [0.2, 0.25) is 0 Å². The lowest BCUT2D eigenvalue weighted by Gasteiger charge is -2.07. The van der Waals surface area contributed by atoms with Crippen LogP contribution in [-0.2, 0) is 9.59 Å². The third kappa shape index (κ3) is 8.96. The molecular formula is C18H27FN2O2. The van der Waals surface area contributed by atoms with Crippen LogP contribution in [0.15, 0.2) is 24.3 Å². The first kappa shape index (κ1) is 19.1. The lowest BCUT2D eigenvalue weighted by atomic mass is 10.1. The third-order valence-electron chi connectivity index (χ3n) is 3.60. The van der Waals surface area contributed by atoms with Crippen molar-refractivity contribution in [3.05, 3.63) is 30.1 Å². The molecule has 0 aliphatic heterocycles. The minimum absolute atomic E-state index is 0.124. The molecule has 0 aliphatic rings. The second-order valence-electron chi connectivity index (χ2n) is 5.68. The summed E-state index contributed by atoms with van der Waals surface area (Å²) >= 11 is 0. The normalized spacial score (nSPS) is 10.3. The Morgan fingerprint density at radius 3 is 2.30 bits per heavy atom. The van der Waals surface area contributed by atoms with E-state index in [0.717, 1.165) is 19.3 Å². The van der Waals surface area contributed by atoms with Gasteiger partial charge in [-0.2, -0.15) is 0 Å². The van der Waals surface area contributed by atoms with E-state index < -0.39 is 11.7 Å². The van der Waals surface area contributed by atoms with Crippen LogP contribution in [0.3, 0.4) is 0 Å². The third-order valence-corrected chi connectivity index (χ3v) is 3.60. The number of nitrogens with one attached hydrogen (secondary N) is 2. The van der Waals surface area contributed by atoms with E-state index in [1.807, 2.05) is 0 Å². The molecule has 0 saturated carbocycles. The minimum atomic E-state index is -0.491. The summed E-state index contributed by atoms with van der Waals surface area (Å²) in [6, 6.07) is 5.94. The Labute approximate surface area is 137 Å². The van der Waals surface area contributed by atoms with Gasteiger partial charge in [0.15, 0.2) is 0 Å². The first-order valence-corrected chi connectivity index (χ1v) is 8.44. The number of benzene rings is 1. The van der Waals surface area contributed by atoms with Crippen molar-refractivity contribution < 1.29 is 14.0 Å². The molecule has 4 nitrogen and oxygen atoms in total. The van der Waals surface area contributed by atoms with Gasteiger partial charge in [-0.1, -0.05) is 57.6 Å². The number of amides is 2. The molecule has 128 valence electrons. The summed E-state index contributed by atoms with van der Waals surface area (Å²) in [6.07, 6.45) is 8.46. The summed E-state index contributed by atoms with van der Waals surface area (Å²) in [5.41, 5.74) is 0.124. The summed E-state index contributed by atoms with van der Waals surface area (Å²) in [5, 5.41) is 4.99. The van der Waals surface area contributed by atoms with Crippen molar-refractivity contribution in [2.45, 2.75) is 58.3 Å². The smallest absolute Gasteiger partial charge is 0.243 e. The maximum atomic E-state index is 13.4. The Balaban J connectivity index is 2.09. The van der Waals surface area contributed by atoms with Crippen molar-refractivity contribution in [3.63, 3.8) is 0 Å². The van der Waals surface area contributed by atoms with Gasteiger partial charge in [-0.25, -0.2) is 4.39 Å². The number of hydrogen-bond acceptors (Lipinski definition) is 2. The molecule has 0 radical (unpaired) electrons. The van der Waals surface area contributed by atoms with Gasteiger partial charge in [-0.3, -0.25) is 9.59 Å². The summed E-state index contributed by atoms with van der Waals surface area (Å²) in [5.74, 6) is -1.06. The number of unbranched alkanes of at least 4 members (excludes halogenated alkanes) is 6. The zero-order valence-electron chi connectivity index (χ0n) is 13.9. The van der Waals surface area contributed by atoms with Gasteiger partial charge in [-0.05, 0) is 18.6 Å². The van der Waals surface area contributed by atoms with Gasteiger partial charge in [0, 0.05) is 6.42 Å². The highest BCUT2D eigenvalue weighted by atomic mass is 19.1. The number of carbonyl (C=O) groups excluding carboxylic acids is 2. The largest absolute Gasteiger partial charge is 0.347 e. The summed E-state index contributed by atoms with van der Waals surface area (Å²) in [4.78, 5) is 23.3. The maximum Gasteiger partial charge on any atom is 0.243 e. The molecule has 2 N–H and O–H groups in total. The fraction of sp³-hybridized carbons (Fsp3) is 0.556. The Bertz CT molecular complexity index is 492. The average molecular weight is 322 g/mol. The number of hydrogen-bond donors (Lipinski definition) is 2. The minimum Gasteiger partial charge on any atom is -0.347 e. The Kier molecular flexibility index (Phi) is 9.68. The average Bonchev–Trinajstić information content (AvgIpc) is 2.54. The van der Waals surface area contributed by atoms with Crippen molar-refractivity contribution in [2.75, 3.05) is 11.9 Å². The first-order valence-electron chi connectivity index (χ1n) is 8.44. The van der Waals surface area contributed by atoms with E-state index in [1.54, 1.807) is 12.1 Å². The van der Waals surface area contributed by atoms with E-state index in [-0.39, 0.29) is 18.1 Å². The van der Waals surface area contributed by atoms with Crippen LogP contribution in [-0.4, -0.2) is 18.4 Å². The Morgan fingerprint density at radius 1 is 0.957 bits per heavy atom. The molecule has 0 aromatic heterocycles. The molecule has 0 heterocycles.